The summed E-state index contributed by atoms with van der Waals surface area (Å²) in [6.07, 6.45) is -0.299. The van der Waals surface area contributed by atoms with Crippen molar-refractivity contribution in [2.75, 3.05) is 10.8 Å². The highest BCUT2D eigenvalue weighted by Gasteiger charge is 2.33. The number of oxazole rings is 1. The van der Waals surface area contributed by atoms with Crippen LogP contribution in [0, 0.1) is 6.92 Å². The van der Waals surface area contributed by atoms with Gasteiger partial charge in [0, 0.05) is 10.5 Å². The van der Waals surface area contributed by atoms with Crippen molar-refractivity contribution in [3.8, 4) is 5.75 Å². The zero-order valence-corrected chi connectivity index (χ0v) is 16.3. The number of fused-ring (bicyclic) bond motifs is 2. The number of benzene rings is 2. The van der Waals surface area contributed by atoms with E-state index in [0.29, 0.717) is 17.0 Å². The van der Waals surface area contributed by atoms with Gasteiger partial charge < -0.3 is 9.15 Å². The van der Waals surface area contributed by atoms with Gasteiger partial charge in [-0.25, -0.2) is 13.2 Å². The van der Waals surface area contributed by atoms with Gasteiger partial charge in [-0.1, -0.05) is 15.9 Å². The molecule has 0 amide bonds. The second-order valence-corrected chi connectivity index (χ2v) is 8.92. The minimum absolute atomic E-state index is 0.0458. The van der Waals surface area contributed by atoms with E-state index in [2.05, 4.69) is 20.9 Å². The van der Waals surface area contributed by atoms with Crippen LogP contribution in [0.15, 0.2) is 48.9 Å². The van der Waals surface area contributed by atoms with Crippen LogP contribution in [0.5, 0.6) is 5.75 Å². The van der Waals surface area contributed by atoms with Gasteiger partial charge in [-0.2, -0.15) is 0 Å². The molecule has 0 spiro atoms. The highest BCUT2D eigenvalue weighted by Crippen LogP contribution is 2.40. The lowest BCUT2D eigenvalue weighted by molar-refractivity contribution is 0.219. The highest BCUT2D eigenvalue weighted by molar-refractivity contribution is 9.10. The number of H-pyrrole nitrogens is 1. The van der Waals surface area contributed by atoms with Crippen LogP contribution in [0.25, 0.3) is 11.1 Å². The molecular weight excluding hydrogens is 424 g/mol. The number of halogens is 1. The summed E-state index contributed by atoms with van der Waals surface area (Å²) >= 11 is 3.44. The van der Waals surface area contributed by atoms with Crippen LogP contribution in [-0.2, 0) is 10.0 Å². The Morgan fingerprint density at radius 3 is 2.81 bits per heavy atom. The fourth-order valence-electron chi connectivity index (χ4n) is 2.96. The first-order chi connectivity index (χ1) is 12.3. The molecule has 136 valence electrons. The van der Waals surface area contributed by atoms with Gasteiger partial charge in [0.15, 0.2) is 5.58 Å². The molecule has 0 bridgehead atoms. The van der Waals surface area contributed by atoms with Gasteiger partial charge in [0.05, 0.1) is 22.6 Å². The van der Waals surface area contributed by atoms with Crippen molar-refractivity contribution in [1.82, 2.24) is 4.98 Å². The molecule has 1 N–H and O–H groups in total. The number of hydrogen-bond acceptors (Lipinski definition) is 5. The topological polar surface area (TPSA) is 92.6 Å². The molecule has 2 aromatic carbocycles. The van der Waals surface area contributed by atoms with Gasteiger partial charge in [0.2, 0.25) is 0 Å². The predicted octanol–water partition coefficient (Wildman–Crippen LogP) is 3.17. The molecule has 0 aliphatic carbocycles. The van der Waals surface area contributed by atoms with Crippen molar-refractivity contribution in [2.24, 2.45) is 0 Å². The fourth-order valence-corrected chi connectivity index (χ4v) is 4.85. The molecule has 1 aromatic heterocycles. The van der Waals surface area contributed by atoms with E-state index in [1.807, 2.05) is 19.9 Å². The summed E-state index contributed by atoms with van der Waals surface area (Å²) in [6.45, 7) is 3.91. The molecular formula is C17H15BrN2O5S. The number of sulfonamides is 1. The minimum Gasteiger partial charge on any atom is -0.487 e. The lowest BCUT2D eigenvalue weighted by Gasteiger charge is -2.34. The monoisotopic (exact) mass is 438 g/mol. The Balaban J connectivity index is 1.87. The molecule has 3 aromatic rings. The smallest absolute Gasteiger partial charge is 0.417 e. The molecule has 0 fully saturated rings. The third-order valence-electron chi connectivity index (χ3n) is 4.24. The standard InChI is InChI=1S/C17H15BrN2O5S/c1-9-5-16-14(7-12(9)18)20(8-10(2)24-16)26(22,23)11-3-4-13-15(6-11)25-17(21)19-13/h3-7,10H,8H2,1-2H3,(H,19,21). The predicted molar refractivity (Wildman–Crippen MR) is 100 cm³/mol. The molecule has 7 nitrogen and oxygen atoms in total. The number of aryl methyl sites for hydroxylation is 1. The number of anilines is 1. The zero-order valence-electron chi connectivity index (χ0n) is 13.9. The highest BCUT2D eigenvalue weighted by atomic mass is 79.9. The number of hydrogen-bond donors (Lipinski definition) is 1. The Morgan fingerprint density at radius 2 is 2.04 bits per heavy atom. The summed E-state index contributed by atoms with van der Waals surface area (Å²) < 4.78 is 39.5. The quantitative estimate of drug-likeness (QED) is 0.662. The third-order valence-corrected chi connectivity index (χ3v) is 6.87. The van der Waals surface area contributed by atoms with Gasteiger partial charge in [-0.05, 0) is 43.7 Å². The Morgan fingerprint density at radius 1 is 1.27 bits per heavy atom. The number of ether oxygens (including phenoxy) is 1. The second-order valence-electron chi connectivity index (χ2n) is 6.21. The average molecular weight is 439 g/mol. The van der Waals surface area contributed by atoms with Gasteiger partial charge in [0.1, 0.15) is 11.9 Å². The maximum atomic E-state index is 13.3. The van der Waals surface area contributed by atoms with Crippen molar-refractivity contribution in [2.45, 2.75) is 24.8 Å². The van der Waals surface area contributed by atoms with Crippen LogP contribution < -0.4 is 14.8 Å². The van der Waals surface area contributed by atoms with E-state index in [1.165, 1.54) is 22.5 Å². The Kier molecular flexibility index (Phi) is 3.89. The summed E-state index contributed by atoms with van der Waals surface area (Å²) in [5.74, 6) is -0.110. The SMILES string of the molecule is Cc1cc2c(cc1Br)N(S(=O)(=O)c1ccc3[nH]c(=O)oc3c1)CC(C)O2. The van der Waals surface area contributed by atoms with Crippen LogP contribution in [0.3, 0.4) is 0 Å². The lowest BCUT2D eigenvalue weighted by atomic mass is 10.2. The van der Waals surface area contributed by atoms with Crippen molar-refractivity contribution in [3.05, 3.63) is 50.9 Å². The van der Waals surface area contributed by atoms with E-state index in [0.717, 1.165) is 10.0 Å². The number of rotatable bonds is 2. The molecule has 1 aliphatic rings. The number of aromatic amines is 1. The Hall–Kier alpha value is -2.26. The molecule has 2 heterocycles. The maximum absolute atomic E-state index is 13.3. The van der Waals surface area contributed by atoms with Crippen LogP contribution in [0.4, 0.5) is 5.69 Å². The molecule has 4 rings (SSSR count). The van der Waals surface area contributed by atoms with Crippen LogP contribution >= 0.6 is 15.9 Å². The number of aromatic nitrogens is 1. The van der Waals surface area contributed by atoms with E-state index < -0.39 is 15.8 Å². The Labute approximate surface area is 157 Å². The zero-order chi connectivity index (χ0) is 18.6. The molecule has 0 radical (unpaired) electrons. The summed E-state index contributed by atoms with van der Waals surface area (Å²) in [6, 6.07) is 7.87. The first kappa shape index (κ1) is 17.2. The molecule has 1 atom stereocenters. The van der Waals surface area contributed by atoms with Crippen molar-refractivity contribution >= 4 is 42.7 Å². The van der Waals surface area contributed by atoms with Crippen LogP contribution in [-0.4, -0.2) is 26.1 Å². The number of nitrogens with zero attached hydrogens (tertiary/aromatic N) is 1. The largest absolute Gasteiger partial charge is 0.487 e. The Bertz CT molecular complexity index is 1180. The molecule has 26 heavy (non-hydrogen) atoms. The van der Waals surface area contributed by atoms with Gasteiger partial charge in [-0.3, -0.25) is 9.29 Å². The summed E-state index contributed by atoms with van der Waals surface area (Å²) in [5.41, 5.74) is 2.06. The van der Waals surface area contributed by atoms with E-state index >= 15 is 0 Å². The summed E-state index contributed by atoms with van der Waals surface area (Å²) in [4.78, 5) is 13.9. The molecule has 1 unspecified atom stereocenters. The first-order valence-electron chi connectivity index (χ1n) is 7.88. The molecule has 1 aliphatic heterocycles. The fraction of sp³-hybridized carbons (Fsp3) is 0.235. The average Bonchev–Trinajstić information content (AvgIpc) is 2.94. The van der Waals surface area contributed by atoms with Gasteiger partial charge in [-0.15, -0.1) is 0 Å². The maximum Gasteiger partial charge on any atom is 0.417 e. The van der Waals surface area contributed by atoms with E-state index in [9.17, 15) is 13.2 Å². The summed E-state index contributed by atoms with van der Waals surface area (Å²) in [5, 5.41) is 0. The summed E-state index contributed by atoms with van der Waals surface area (Å²) in [7, 11) is -3.86. The van der Waals surface area contributed by atoms with Gasteiger partial charge >= 0.3 is 5.76 Å². The first-order valence-corrected chi connectivity index (χ1v) is 10.1. The van der Waals surface area contributed by atoms with E-state index in [1.54, 1.807) is 6.07 Å². The number of nitrogens with one attached hydrogen (secondary N) is 1. The minimum atomic E-state index is -3.86. The van der Waals surface area contributed by atoms with Gasteiger partial charge in [0.25, 0.3) is 10.0 Å². The van der Waals surface area contributed by atoms with Crippen molar-refractivity contribution in [3.63, 3.8) is 0 Å². The lowest BCUT2D eigenvalue weighted by Crippen LogP contribution is -2.42. The van der Waals surface area contributed by atoms with E-state index in [-0.39, 0.29) is 23.1 Å². The molecule has 0 saturated heterocycles. The van der Waals surface area contributed by atoms with E-state index in [4.69, 9.17) is 9.15 Å². The van der Waals surface area contributed by atoms with Crippen molar-refractivity contribution < 1.29 is 17.6 Å². The molecule has 0 saturated carbocycles. The third kappa shape index (κ3) is 2.71. The normalized spacial score (nSPS) is 17.2. The van der Waals surface area contributed by atoms with Crippen molar-refractivity contribution in [1.29, 1.82) is 0 Å². The van der Waals surface area contributed by atoms with Crippen LogP contribution in [0.2, 0.25) is 0 Å². The second kappa shape index (κ2) is 5.88. The molecule has 9 heteroatoms. The van der Waals surface area contributed by atoms with Crippen LogP contribution in [0.1, 0.15) is 12.5 Å².